The first-order valence-corrected chi connectivity index (χ1v) is 3.55. The molecule has 1 aromatic heterocycles. The van der Waals surface area contributed by atoms with E-state index in [1.165, 1.54) is 19.1 Å². The fourth-order valence-electron chi connectivity index (χ4n) is 0.918. The Bertz CT molecular complexity index is 294. The molecule has 0 spiro atoms. The Balaban J connectivity index is 3.02. The molecule has 0 saturated heterocycles. The predicted octanol–water partition coefficient (Wildman–Crippen LogP) is 2.96. The molecule has 0 bridgehead atoms. The number of halogens is 4. The van der Waals surface area contributed by atoms with Crippen molar-refractivity contribution in [3.05, 3.63) is 29.6 Å². The van der Waals surface area contributed by atoms with Crippen LogP contribution in [-0.4, -0.2) is 11.2 Å². The highest BCUT2D eigenvalue weighted by molar-refractivity contribution is 5.20. The monoisotopic (exact) mass is 193 g/mol. The van der Waals surface area contributed by atoms with E-state index in [-0.39, 0.29) is 5.56 Å². The van der Waals surface area contributed by atoms with Gasteiger partial charge in [-0.05, 0) is 18.6 Å². The number of aromatic nitrogens is 1. The lowest BCUT2D eigenvalue weighted by Crippen LogP contribution is -2.18. The van der Waals surface area contributed by atoms with Gasteiger partial charge in [0, 0.05) is 6.20 Å². The maximum atomic E-state index is 12.7. The minimum atomic E-state index is -4.88. The highest BCUT2D eigenvalue weighted by Gasteiger charge is 2.42. The number of aryl methyl sites for hydroxylation is 1. The maximum absolute atomic E-state index is 12.7. The zero-order valence-electron chi connectivity index (χ0n) is 6.77. The Morgan fingerprint density at radius 2 is 2.00 bits per heavy atom. The Morgan fingerprint density at radius 3 is 2.46 bits per heavy atom. The van der Waals surface area contributed by atoms with Crippen molar-refractivity contribution in [2.45, 2.75) is 19.3 Å². The maximum Gasteiger partial charge on any atom is 0.425 e. The number of alkyl halides is 4. The van der Waals surface area contributed by atoms with Gasteiger partial charge in [0.2, 0.25) is 6.17 Å². The molecule has 0 radical (unpaired) electrons. The number of hydrogen-bond acceptors (Lipinski definition) is 1. The molecule has 1 aromatic rings. The van der Waals surface area contributed by atoms with Crippen LogP contribution in [0.4, 0.5) is 17.6 Å². The van der Waals surface area contributed by atoms with Crippen LogP contribution in [0.15, 0.2) is 18.3 Å². The summed E-state index contributed by atoms with van der Waals surface area (Å²) in [6.45, 7) is 1.39. The quantitative estimate of drug-likeness (QED) is 0.625. The number of hydrogen-bond donors (Lipinski definition) is 0. The van der Waals surface area contributed by atoms with E-state index >= 15 is 0 Å². The van der Waals surface area contributed by atoms with Crippen molar-refractivity contribution in [1.29, 1.82) is 0 Å². The van der Waals surface area contributed by atoms with Crippen LogP contribution in [-0.2, 0) is 0 Å². The molecule has 0 saturated carbocycles. The third kappa shape index (κ3) is 2.17. The molecule has 1 nitrogen and oxygen atoms in total. The Hall–Kier alpha value is -1.13. The SMILES string of the molecule is Cc1cccnc1C(F)C(F)(F)F. The Kier molecular flexibility index (Phi) is 2.54. The highest BCUT2D eigenvalue weighted by Crippen LogP contribution is 2.35. The van der Waals surface area contributed by atoms with Crippen molar-refractivity contribution in [3.63, 3.8) is 0 Å². The first-order valence-electron chi connectivity index (χ1n) is 3.55. The largest absolute Gasteiger partial charge is 0.425 e. The van der Waals surface area contributed by atoms with Crippen molar-refractivity contribution in [2.24, 2.45) is 0 Å². The first-order chi connectivity index (χ1) is 5.93. The minimum absolute atomic E-state index is 0.201. The molecule has 72 valence electrons. The molecule has 0 fully saturated rings. The molecule has 1 heterocycles. The van der Waals surface area contributed by atoms with Crippen molar-refractivity contribution in [2.75, 3.05) is 0 Å². The second-order valence-corrected chi connectivity index (χ2v) is 2.61. The molecule has 1 unspecified atom stereocenters. The molecule has 5 heteroatoms. The lowest BCUT2D eigenvalue weighted by Gasteiger charge is -2.12. The van der Waals surface area contributed by atoms with Gasteiger partial charge in [-0.3, -0.25) is 4.98 Å². The van der Waals surface area contributed by atoms with Crippen LogP contribution >= 0.6 is 0 Å². The second kappa shape index (κ2) is 3.32. The summed E-state index contributed by atoms with van der Waals surface area (Å²) in [6.07, 6.45) is -6.73. The average Bonchev–Trinajstić information content (AvgIpc) is 2.02. The van der Waals surface area contributed by atoms with Gasteiger partial charge in [0.1, 0.15) is 0 Å². The number of pyridine rings is 1. The lowest BCUT2D eigenvalue weighted by atomic mass is 10.1. The summed E-state index contributed by atoms with van der Waals surface area (Å²) in [5, 5.41) is 0. The smallest absolute Gasteiger partial charge is 0.258 e. The normalized spacial score (nSPS) is 14.2. The predicted molar refractivity (Wildman–Crippen MR) is 38.9 cm³/mol. The van der Waals surface area contributed by atoms with E-state index in [0.717, 1.165) is 6.20 Å². The van der Waals surface area contributed by atoms with E-state index in [1.54, 1.807) is 0 Å². The van der Waals surface area contributed by atoms with Gasteiger partial charge in [0.15, 0.2) is 0 Å². The van der Waals surface area contributed by atoms with E-state index in [2.05, 4.69) is 4.98 Å². The summed E-state index contributed by atoms with van der Waals surface area (Å²) in [7, 11) is 0. The molecule has 1 rings (SSSR count). The van der Waals surface area contributed by atoms with Gasteiger partial charge in [-0.15, -0.1) is 0 Å². The van der Waals surface area contributed by atoms with E-state index in [0.29, 0.717) is 0 Å². The Morgan fingerprint density at radius 1 is 1.38 bits per heavy atom. The summed E-state index contributed by atoms with van der Waals surface area (Å²) < 4.78 is 48.4. The van der Waals surface area contributed by atoms with Gasteiger partial charge in [0.25, 0.3) is 0 Å². The molecule has 0 amide bonds. The van der Waals surface area contributed by atoms with E-state index in [9.17, 15) is 17.6 Å². The van der Waals surface area contributed by atoms with Gasteiger partial charge in [-0.2, -0.15) is 13.2 Å². The zero-order valence-corrected chi connectivity index (χ0v) is 6.77. The van der Waals surface area contributed by atoms with Crippen molar-refractivity contribution < 1.29 is 17.6 Å². The molecule has 13 heavy (non-hydrogen) atoms. The molecule has 1 atom stereocenters. The molecule has 0 aliphatic heterocycles. The van der Waals surface area contributed by atoms with Gasteiger partial charge >= 0.3 is 6.18 Å². The van der Waals surface area contributed by atoms with E-state index in [4.69, 9.17) is 0 Å². The third-order valence-electron chi connectivity index (χ3n) is 1.58. The van der Waals surface area contributed by atoms with Crippen molar-refractivity contribution in [1.82, 2.24) is 4.98 Å². The van der Waals surface area contributed by atoms with Gasteiger partial charge in [0.05, 0.1) is 5.69 Å². The number of rotatable bonds is 1. The van der Waals surface area contributed by atoms with Crippen LogP contribution in [0.2, 0.25) is 0 Å². The fraction of sp³-hybridized carbons (Fsp3) is 0.375. The van der Waals surface area contributed by atoms with Crippen molar-refractivity contribution in [3.8, 4) is 0 Å². The highest BCUT2D eigenvalue weighted by atomic mass is 19.4. The number of nitrogens with zero attached hydrogens (tertiary/aromatic N) is 1. The third-order valence-corrected chi connectivity index (χ3v) is 1.58. The van der Waals surface area contributed by atoms with Crippen LogP contribution in [0, 0.1) is 6.92 Å². The molecule has 0 aromatic carbocycles. The van der Waals surface area contributed by atoms with E-state index < -0.39 is 18.0 Å². The summed E-state index contributed by atoms with van der Waals surface area (Å²) >= 11 is 0. The topological polar surface area (TPSA) is 12.9 Å². The second-order valence-electron chi connectivity index (χ2n) is 2.61. The van der Waals surface area contributed by atoms with Gasteiger partial charge in [-0.25, -0.2) is 4.39 Å². The summed E-state index contributed by atoms with van der Waals surface area (Å²) in [5.74, 6) is 0. The Labute approximate surface area is 72.4 Å². The van der Waals surface area contributed by atoms with Crippen LogP contribution in [0.5, 0.6) is 0 Å². The summed E-state index contributed by atoms with van der Waals surface area (Å²) in [5.41, 5.74) is -0.359. The molecular weight excluding hydrogens is 186 g/mol. The molecule has 0 aliphatic carbocycles. The van der Waals surface area contributed by atoms with Crippen LogP contribution in [0.25, 0.3) is 0 Å². The van der Waals surface area contributed by atoms with Crippen molar-refractivity contribution >= 4 is 0 Å². The van der Waals surface area contributed by atoms with Crippen LogP contribution < -0.4 is 0 Å². The average molecular weight is 193 g/mol. The minimum Gasteiger partial charge on any atom is -0.258 e. The summed E-state index contributed by atoms with van der Waals surface area (Å²) in [4.78, 5) is 3.35. The van der Waals surface area contributed by atoms with Crippen LogP contribution in [0.1, 0.15) is 17.4 Å². The zero-order chi connectivity index (χ0) is 10.1. The molecular formula is C8H7F4N. The lowest BCUT2D eigenvalue weighted by molar-refractivity contribution is -0.184. The summed E-state index contributed by atoms with van der Waals surface area (Å²) in [6, 6.07) is 2.85. The standard InChI is InChI=1S/C8H7F4N/c1-5-3-2-4-13-6(5)7(9)8(10,11)12/h2-4,7H,1H3. The van der Waals surface area contributed by atoms with E-state index in [1.807, 2.05) is 0 Å². The van der Waals surface area contributed by atoms with Crippen LogP contribution in [0.3, 0.4) is 0 Å². The van der Waals surface area contributed by atoms with Gasteiger partial charge < -0.3 is 0 Å². The first kappa shape index (κ1) is 9.95. The fourth-order valence-corrected chi connectivity index (χ4v) is 0.918. The molecule has 0 N–H and O–H groups in total. The van der Waals surface area contributed by atoms with Gasteiger partial charge in [-0.1, -0.05) is 6.07 Å². The molecule has 0 aliphatic rings.